The number of carbonyl (C=O) groups is 1. The van der Waals surface area contributed by atoms with E-state index in [9.17, 15) is 9.90 Å². The van der Waals surface area contributed by atoms with Gasteiger partial charge < -0.3 is 15.0 Å². The smallest absolute Gasteiger partial charge is 0.272 e. The molecule has 5 heteroatoms. The fourth-order valence-corrected chi connectivity index (χ4v) is 1.38. The van der Waals surface area contributed by atoms with Gasteiger partial charge in [-0.25, -0.2) is 0 Å². The molecule has 2 aromatic heterocycles. The molecule has 0 fully saturated rings. The Labute approximate surface area is 92.4 Å². The summed E-state index contributed by atoms with van der Waals surface area (Å²) in [5.41, 5.74) is 0.873. The first-order valence-corrected chi connectivity index (χ1v) is 4.74. The van der Waals surface area contributed by atoms with Crippen LogP contribution >= 0.6 is 0 Å². The molecule has 0 aromatic carbocycles. The standard InChI is InChI=1S/C11H11N3O2/c1-14-6-2-3-9(14)11(16)13-8-4-5-12-7-10(8)15/h2-7,15H,1H3,(H,12,13,16). The van der Waals surface area contributed by atoms with E-state index in [1.807, 2.05) is 0 Å². The average Bonchev–Trinajstić information content (AvgIpc) is 2.68. The number of hydrogen-bond acceptors (Lipinski definition) is 3. The second-order valence-electron chi connectivity index (χ2n) is 3.35. The number of rotatable bonds is 2. The lowest BCUT2D eigenvalue weighted by atomic mass is 10.3. The fraction of sp³-hybridized carbons (Fsp3) is 0.0909. The van der Waals surface area contributed by atoms with Crippen molar-refractivity contribution in [2.75, 3.05) is 5.32 Å². The molecule has 0 unspecified atom stereocenters. The van der Waals surface area contributed by atoms with Crippen LogP contribution in [0.15, 0.2) is 36.8 Å². The van der Waals surface area contributed by atoms with Gasteiger partial charge in [-0.2, -0.15) is 0 Å². The maximum atomic E-state index is 11.8. The first-order chi connectivity index (χ1) is 7.68. The molecule has 2 N–H and O–H groups in total. The van der Waals surface area contributed by atoms with E-state index < -0.39 is 0 Å². The van der Waals surface area contributed by atoms with Crippen LogP contribution in [0.25, 0.3) is 0 Å². The van der Waals surface area contributed by atoms with Gasteiger partial charge >= 0.3 is 0 Å². The second kappa shape index (κ2) is 4.06. The van der Waals surface area contributed by atoms with Gasteiger partial charge in [0.2, 0.25) is 0 Å². The van der Waals surface area contributed by atoms with Crippen LogP contribution in [0.4, 0.5) is 5.69 Å². The molecule has 2 heterocycles. The van der Waals surface area contributed by atoms with Gasteiger partial charge in [0, 0.05) is 19.4 Å². The molecular formula is C11H11N3O2. The van der Waals surface area contributed by atoms with Crippen LogP contribution < -0.4 is 5.32 Å². The summed E-state index contributed by atoms with van der Waals surface area (Å²) >= 11 is 0. The summed E-state index contributed by atoms with van der Waals surface area (Å²) in [5.74, 6) is -0.320. The highest BCUT2D eigenvalue weighted by molar-refractivity contribution is 6.03. The molecule has 0 saturated carbocycles. The quantitative estimate of drug-likeness (QED) is 0.798. The topological polar surface area (TPSA) is 67.2 Å². The third kappa shape index (κ3) is 1.88. The summed E-state index contributed by atoms with van der Waals surface area (Å²) in [6.45, 7) is 0. The Kier molecular flexibility index (Phi) is 2.59. The van der Waals surface area contributed by atoms with Crippen molar-refractivity contribution in [1.82, 2.24) is 9.55 Å². The largest absolute Gasteiger partial charge is 0.504 e. The van der Waals surface area contributed by atoms with Crippen molar-refractivity contribution in [2.45, 2.75) is 0 Å². The number of nitrogens with zero attached hydrogens (tertiary/aromatic N) is 2. The van der Waals surface area contributed by atoms with Gasteiger partial charge in [0.1, 0.15) is 5.69 Å². The van der Waals surface area contributed by atoms with Crippen LogP contribution in [-0.4, -0.2) is 20.6 Å². The highest BCUT2D eigenvalue weighted by atomic mass is 16.3. The molecule has 1 amide bonds. The Hall–Kier alpha value is -2.30. The van der Waals surface area contributed by atoms with E-state index in [0.29, 0.717) is 11.4 Å². The summed E-state index contributed by atoms with van der Waals surface area (Å²) in [5, 5.41) is 12.0. The van der Waals surface area contributed by atoms with E-state index in [0.717, 1.165) is 0 Å². The number of hydrogen-bond donors (Lipinski definition) is 2. The Bertz CT molecular complexity index is 519. The van der Waals surface area contributed by atoms with Gasteiger partial charge in [0.15, 0.2) is 5.75 Å². The Balaban J connectivity index is 2.21. The number of carbonyl (C=O) groups excluding carboxylic acids is 1. The zero-order valence-corrected chi connectivity index (χ0v) is 8.71. The van der Waals surface area contributed by atoms with Gasteiger partial charge in [0.05, 0.1) is 11.9 Å². The minimum Gasteiger partial charge on any atom is -0.504 e. The number of anilines is 1. The molecule has 0 atom stereocenters. The second-order valence-corrected chi connectivity index (χ2v) is 3.35. The number of amides is 1. The number of aromatic nitrogens is 2. The van der Waals surface area contributed by atoms with Crippen molar-refractivity contribution in [2.24, 2.45) is 7.05 Å². The van der Waals surface area contributed by atoms with Gasteiger partial charge in [0.25, 0.3) is 5.91 Å². The van der Waals surface area contributed by atoms with E-state index in [2.05, 4.69) is 10.3 Å². The molecule has 0 bridgehead atoms. The molecule has 16 heavy (non-hydrogen) atoms. The Morgan fingerprint density at radius 1 is 1.50 bits per heavy atom. The molecule has 0 aliphatic rings. The first kappa shape index (κ1) is 10.2. The van der Waals surface area contributed by atoms with E-state index in [1.54, 1.807) is 29.9 Å². The van der Waals surface area contributed by atoms with Crippen LogP contribution in [-0.2, 0) is 7.05 Å². The average molecular weight is 217 g/mol. The Morgan fingerprint density at radius 3 is 2.94 bits per heavy atom. The highest BCUT2D eigenvalue weighted by Gasteiger charge is 2.10. The lowest BCUT2D eigenvalue weighted by Crippen LogP contribution is -2.15. The minimum absolute atomic E-state index is 0.0509. The molecule has 0 saturated heterocycles. The van der Waals surface area contributed by atoms with Crippen LogP contribution in [0.3, 0.4) is 0 Å². The van der Waals surface area contributed by atoms with E-state index >= 15 is 0 Å². The van der Waals surface area contributed by atoms with Crippen molar-refractivity contribution in [1.29, 1.82) is 0 Å². The summed E-state index contributed by atoms with van der Waals surface area (Å²) in [4.78, 5) is 15.5. The van der Waals surface area contributed by atoms with Crippen LogP contribution in [0, 0.1) is 0 Å². The van der Waals surface area contributed by atoms with Crippen molar-refractivity contribution >= 4 is 11.6 Å². The molecular weight excluding hydrogens is 206 g/mol. The molecule has 0 aliphatic carbocycles. The van der Waals surface area contributed by atoms with Gasteiger partial charge in [-0.3, -0.25) is 9.78 Å². The highest BCUT2D eigenvalue weighted by Crippen LogP contribution is 2.20. The van der Waals surface area contributed by atoms with Crippen molar-refractivity contribution in [3.63, 3.8) is 0 Å². The Morgan fingerprint density at radius 2 is 2.31 bits per heavy atom. The zero-order valence-electron chi connectivity index (χ0n) is 8.71. The maximum absolute atomic E-state index is 11.8. The first-order valence-electron chi connectivity index (χ1n) is 4.74. The van der Waals surface area contributed by atoms with Crippen molar-refractivity contribution in [3.05, 3.63) is 42.5 Å². The molecule has 5 nitrogen and oxygen atoms in total. The number of aromatic hydroxyl groups is 1. The molecule has 82 valence electrons. The molecule has 2 rings (SSSR count). The zero-order chi connectivity index (χ0) is 11.5. The molecule has 0 aliphatic heterocycles. The lowest BCUT2D eigenvalue weighted by Gasteiger charge is -2.06. The SMILES string of the molecule is Cn1cccc1C(=O)Nc1ccncc1O. The van der Waals surface area contributed by atoms with Crippen LogP contribution in [0.2, 0.25) is 0 Å². The number of pyridine rings is 1. The predicted octanol–water partition coefficient (Wildman–Crippen LogP) is 1.38. The predicted molar refractivity (Wildman–Crippen MR) is 59.3 cm³/mol. The van der Waals surface area contributed by atoms with Crippen molar-refractivity contribution in [3.8, 4) is 5.75 Å². The van der Waals surface area contributed by atoms with Gasteiger partial charge in [-0.05, 0) is 18.2 Å². The van der Waals surface area contributed by atoms with E-state index in [1.165, 1.54) is 18.5 Å². The molecule has 0 spiro atoms. The number of aryl methyl sites for hydroxylation is 1. The summed E-state index contributed by atoms with van der Waals surface area (Å²) in [6, 6.07) is 5.02. The molecule has 2 aromatic rings. The summed E-state index contributed by atoms with van der Waals surface area (Å²) in [6.07, 6.45) is 4.56. The lowest BCUT2D eigenvalue weighted by molar-refractivity contribution is 0.101. The molecule has 0 radical (unpaired) electrons. The van der Waals surface area contributed by atoms with Crippen molar-refractivity contribution < 1.29 is 9.90 Å². The monoisotopic (exact) mass is 217 g/mol. The van der Waals surface area contributed by atoms with E-state index in [4.69, 9.17) is 0 Å². The maximum Gasteiger partial charge on any atom is 0.272 e. The van der Waals surface area contributed by atoms with Crippen LogP contribution in [0.5, 0.6) is 5.75 Å². The third-order valence-corrected chi connectivity index (χ3v) is 2.22. The minimum atomic E-state index is -0.269. The van der Waals surface area contributed by atoms with Gasteiger partial charge in [-0.15, -0.1) is 0 Å². The van der Waals surface area contributed by atoms with Gasteiger partial charge in [-0.1, -0.05) is 0 Å². The summed E-state index contributed by atoms with van der Waals surface area (Å²) < 4.78 is 1.70. The number of nitrogens with one attached hydrogen (secondary N) is 1. The van der Waals surface area contributed by atoms with Crippen LogP contribution in [0.1, 0.15) is 10.5 Å². The fourth-order valence-electron chi connectivity index (χ4n) is 1.38. The van der Waals surface area contributed by atoms with E-state index in [-0.39, 0.29) is 11.7 Å². The normalized spacial score (nSPS) is 10.1. The summed E-state index contributed by atoms with van der Waals surface area (Å²) in [7, 11) is 1.78. The third-order valence-electron chi connectivity index (χ3n) is 2.22.